The topological polar surface area (TPSA) is 63.9 Å². The van der Waals surface area contributed by atoms with Gasteiger partial charge in [0.1, 0.15) is 19.0 Å². The van der Waals surface area contributed by atoms with Crippen molar-refractivity contribution in [3.63, 3.8) is 0 Å². The van der Waals surface area contributed by atoms with E-state index in [2.05, 4.69) is 5.32 Å². The highest BCUT2D eigenvalue weighted by molar-refractivity contribution is 5.78. The Morgan fingerprint density at radius 2 is 1.80 bits per heavy atom. The minimum absolute atomic E-state index is 0.00744. The number of benzene rings is 2. The molecule has 1 aliphatic rings. The van der Waals surface area contributed by atoms with E-state index < -0.39 is 0 Å². The van der Waals surface area contributed by atoms with Crippen LogP contribution in [0.3, 0.4) is 0 Å². The standard InChI is InChI=1S/C24H26N2O4/c1-18(20-9-10-22-23(14-20)30-13-12-29-22)25-15-24(27)26(17-21-8-5-11-28-21)16-19-6-3-2-4-7-19/h2-11,14,18,25H,12-13,15-17H2,1H3/t18-/m1/s1. The summed E-state index contributed by atoms with van der Waals surface area (Å²) in [6, 6.07) is 19.6. The van der Waals surface area contributed by atoms with E-state index in [0.29, 0.717) is 26.3 Å². The van der Waals surface area contributed by atoms with Gasteiger partial charge in [-0.3, -0.25) is 4.79 Å². The van der Waals surface area contributed by atoms with Crippen molar-refractivity contribution in [3.8, 4) is 11.5 Å². The van der Waals surface area contributed by atoms with E-state index in [1.165, 1.54) is 0 Å². The van der Waals surface area contributed by atoms with E-state index in [4.69, 9.17) is 13.9 Å². The molecule has 0 saturated carbocycles. The molecule has 0 unspecified atom stereocenters. The zero-order chi connectivity index (χ0) is 20.8. The third-order valence-corrected chi connectivity index (χ3v) is 5.12. The summed E-state index contributed by atoms with van der Waals surface area (Å²) in [6.45, 7) is 4.34. The van der Waals surface area contributed by atoms with E-state index in [9.17, 15) is 4.79 Å². The summed E-state index contributed by atoms with van der Waals surface area (Å²) in [7, 11) is 0. The highest BCUT2D eigenvalue weighted by atomic mass is 16.6. The monoisotopic (exact) mass is 406 g/mol. The van der Waals surface area contributed by atoms with Crippen molar-refractivity contribution >= 4 is 5.91 Å². The van der Waals surface area contributed by atoms with Crippen molar-refractivity contribution in [2.75, 3.05) is 19.8 Å². The normalized spacial score (nSPS) is 13.6. The molecule has 0 saturated heterocycles. The number of hydrogen-bond acceptors (Lipinski definition) is 5. The van der Waals surface area contributed by atoms with Crippen molar-refractivity contribution in [3.05, 3.63) is 83.8 Å². The van der Waals surface area contributed by atoms with Crippen LogP contribution < -0.4 is 14.8 Å². The number of nitrogens with one attached hydrogen (secondary N) is 1. The van der Waals surface area contributed by atoms with E-state index in [0.717, 1.165) is 28.4 Å². The smallest absolute Gasteiger partial charge is 0.237 e. The fourth-order valence-corrected chi connectivity index (χ4v) is 3.43. The van der Waals surface area contributed by atoms with Crippen molar-refractivity contribution in [1.29, 1.82) is 0 Å². The van der Waals surface area contributed by atoms with Gasteiger partial charge in [-0.15, -0.1) is 0 Å². The Kier molecular flexibility index (Phi) is 6.35. The van der Waals surface area contributed by atoms with Gasteiger partial charge in [-0.05, 0) is 42.3 Å². The largest absolute Gasteiger partial charge is 0.486 e. The Morgan fingerprint density at radius 1 is 1.00 bits per heavy atom. The second-order valence-electron chi connectivity index (χ2n) is 7.32. The van der Waals surface area contributed by atoms with Crippen LogP contribution in [-0.4, -0.2) is 30.6 Å². The predicted octanol–water partition coefficient (Wildman–Crippen LogP) is 3.93. The van der Waals surface area contributed by atoms with Crippen molar-refractivity contribution in [2.24, 2.45) is 0 Å². The maximum absolute atomic E-state index is 13.0. The van der Waals surface area contributed by atoms with Crippen LogP contribution in [0.1, 0.15) is 29.9 Å². The Balaban J connectivity index is 1.40. The molecule has 2 aromatic carbocycles. The minimum atomic E-state index is -0.00744. The number of amides is 1. The molecule has 1 N–H and O–H groups in total. The van der Waals surface area contributed by atoms with Crippen LogP contribution in [0.15, 0.2) is 71.3 Å². The predicted molar refractivity (Wildman–Crippen MR) is 113 cm³/mol. The molecule has 0 spiro atoms. The Hall–Kier alpha value is -3.25. The van der Waals surface area contributed by atoms with Gasteiger partial charge in [0.05, 0.1) is 19.4 Å². The van der Waals surface area contributed by atoms with Gasteiger partial charge in [-0.1, -0.05) is 36.4 Å². The lowest BCUT2D eigenvalue weighted by molar-refractivity contribution is -0.131. The number of fused-ring (bicyclic) bond motifs is 1. The van der Waals surface area contributed by atoms with Gasteiger partial charge in [0.15, 0.2) is 11.5 Å². The highest BCUT2D eigenvalue weighted by Gasteiger charge is 2.18. The molecule has 1 atom stereocenters. The molecule has 0 fully saturated rings. The summed E-state index contributed by atoms with van der Waals surface area (Å²) in [4.78, 5) is 14.8. The fraction of sp³-hybridized carbons (Fsp3) is 0.292. The maximum Gasteiger partial charge on any atom is 0.237 e. The third kappa shape index (κ3) is 5.02. The number of carbonyl (C=O) groups is 1. The SMILES string of the molecule is C[C@@H](NCC(=O)N(Cc1ccccc1)Cc1ccco1)c1ccc2c(c1)OCCO2. The van der Waals surface area contributed by atoms with Crippen LogP contribution in [-0.2, 0) is 17.9 Å². The summed E-state index contributed by atoms with van der Waals surface area (Å²) in [5, 5.41) is 3.33. The van der Waals surface area contributed by atoms with Crippen LogP contribution in [0.5, 0.6) is 11.5 Å². The molecular weight excluding hydrogens is 380 g/mol. The molecule has 30 heavy (non-hydrogen) atoms. The van der Waals surface area contributed by atoms with E-state index in [-0.39, 0.29) is 18.5 Å². The molecule has 156 valence electrons. The van der Waals surface area contributed by atoms with Crippen molar-refractivity contribution in [1.82, 2.24) is 10.2 Å². The Morgan fingerprint density at radius 3 is 2.57 bits per heavy atom. The van der Waals surface area contributed by atoms with Gasteiger partial charge < -0.3 is 24.1 Å². The average molecular weight is 406 g/mol. The van der Waals surface area contributed by atoms with Gasteiger partial charge in [-0.2, -0.15) is 0 Å². The lowest BCUT2D eigenvalue weighted by Crippen LogP contribution is -2.38. The molecule has 2 heterocycles. The van der Waals surface area contributed by atoms with Crippen LogP contribution >= 0.6 is 0 Å². The lowest BCUT2D eigenvalue weighted by Gasteiger charge is -2.24. The first-order chi connectivity index (χ1) is 14.7. The molecular formula is C24H26N2O4. The summed E-state index contributed by atoms with van der Waals surface area (Å²) < 4.78 is 16.7. The summed E-state index contributed by atoms with van der Waals surface area (Å²) in [6.07, 6.45) is 1.63. The molecule has 6 nitrogen and oxygen atoms in total. The van der Waals surface area contributed by atoms with Gasteiger partial charge >= 0.3 is 0 Å². The zero-order valence-corrected chi connectivity index (χ0v) is 17.0. The number of carbonyl (C=O) groups excluding carboxylic acids is 1. The number of hydrogen-bond donors (Lipinski definition) is 1. The molecule has 1 amide bonds. The lowest BCUT2D eigenvalue weighted by atomic mass is 10.1. The maximum atomic E-state index is 13.0. The van der Waals surface area contributed by atoms with Gasteiger partial charge in [0.2, 0.25) is 5.91 Å². The summed E-state index contributed by atoms with van der Waals surface area (Å²) >= 11 is 0. The van der Waals surface area contributed by atoms with Gasteiger partial charge in [-0.25, -0.2) is 0 Å². The summed E-state index contributed by atoms with van der Waals surface area (Å²) in [5.41, 5.74) is 2.13. The molecule has 1 aromatic heterocycles. The second-order valence-corrected chi connectivity index (χ2v) is 7.32. The zero-order valence-electron chi connectivity index (χ0n) is 17.0. The quantitative estimate of drug-likeness (QED) is 0.614. The van der Waals surface area contributed by atoms with Crippen molar-refractivity contribution < 1.29 is 18.7 Å². The van der Waals surface area contributed by atoms with Crippen LogP contribution in [0.2, 0.25) is 0 Å². The average Bonchev–Trinajstić information content (AvgIpc) is 3.30. The van der Waals surface area contributed by atoms with E-state index in [1.54, 1.807) is 11.2 Å². The van der Waals surface area contributed by atoms with Gasteiger partial charge in [0.25, 0.3) is 0 Å². The fourth-order valence-electron chi connectivity index (χ4n) is 3.43. The molecule has 0 bridgehead atoms. The van der Waals surface area contributed by atoms with Crippen LogP contribution in [0, 0.1) is 0 Å². The summed E-state index contributed by atoms with van der Waals surface area (Å²) in [5.74, 6) is 2.29. The minimum Gasteiger partial charge on any atom is -0.486 e. The van der Waals surface area contributed by atoms with E-state index in [1.807, 2.05) is 67.6 Å². The third-order valence-electron chi connectivity index (χ3n) is 5.12. The van der Waals surface area contributed by atoms with Gasteiger partial charge in [0, 0.05) is 12.6 Å². The molecule has 0 radical (unpaired) electrons. The molecule has 6 heteroatoms. The van der Waals surface area contributed by atoms with Crippen LogP contribution in [0.4, 0.5) is 0 Å². The first-order valence-electron chi connectivity index (χ1n) is 10.2. The first-order valence-corrected chi connectivity index (χ1v) is 10.2. The number of ether oxygens (including phenoxy) is 2. The molecule has 3 aromatic rings. The Bertz CT molecular complexity index is 957. The number of rotatable bonds is 8. The van der Waals surface area contributed by atoms with E-state index >= 15 is 0 Å². The highest BCUT2D eigenvalue weighted by Crippen LogP contribution is 2.32. The molecule has 4 rings (SSSR count). The molecule has 1 aliphatic heterocycles. The second kappa shape index (κ2) is 9.50. The Labute approximate surface area is 176 Å². The van der Waals surface area contributed by atoms with Crippen molar-refractivity contribution in [2.45, 2.75) is 26.1 Å². The van der Waals surface area contributed by atoms with Crippen LogP contribution in [0.25, 0.3) is 0 Å². The number of nitrogens with zero attached hydrogens (tertiary/aromatic N) is 1. The number of furan rings is 1. The molecule has 0 aliphatic carbocycles. The first kappa shape index (κ1) is 20.0.